The Labute approximate surface area is 116 Å². The Morgan fingerprint density at radius 1 is 1.42 bits per heavy atom. The van der Waals surface area contributed by atoms with Crippen molar-refractivity contribution in [2.45, 2.75) is 13.0 Å². The highest BCUT2D eigenvalue weighted by Crippen LogP contribution is 2.19. The average molecular weight is 287 g/mol. The van der Waals surface area contributed by atoms with Crippen molar-refractivity contribution in [2.24, 2.45) is 0 Å². The van der Waals surface area contributed by atoms with Crippen LogP contribution < -0.4 is 5.32 Å². The predicted octanol–water partition coefficient (Wildman–Crippen LogP) is 2.14. The Morgan fingerprint density at radius 2 is 2.11 bits per heavy atom. The standard InChI is InChI=1S/C13H16ClFN2O2/c1-9(13(18)17-2-4-19-5-3-17)16-12-7-10(14)6-11(15)8-12/h6-9,16H,2-5H2,1H3. The minimum Gasteiger partial charge on any atom is -0.378 e. The molecule has 1 atom stereocenters. The largest absolute Gasteiger partial charge is 0.378 e. The Balaban J connectivity index is 1.99. The van der Waals surface area contributed by atoms with Gasteiger partial charge >= 0.3 is 0 Å². The zero-order valence-electron chi connectivity index (χ0n) is 10.7. The topological polar surface area (TPSA) is 41.6 Å². The van der Waals surface area contributed by atoms with Gasteiger partial charge in [0.15, 0.2) is 0 Å². The van der Waals surface area contributed by atoms with Gasteiger partial charge in [0.2, 0.25) is 5.91 Å². The van der Waals surface area contributed by atoms with Crippen molar-refractivity contribution in [3.8, 4) is 0 Å². The maximum Gasteiger partial charge on any atom is 0.244 e. The van der Waals surface area contributed by atoms with Crippen LogP contribution in [0, 0.1) is 5.82 Å². The highest BCUT2D eigenvalue weighted by atomic mass is 35.5. The Hall–Kier alpha value is -1.33. The molecule has 0 saturated carbocycles. The van der Waals surface area contributed by atoms with E-state index in [1.165, 1.54) is 12.1 Å². The van der Waals surface area contributed by atoms with Crippen molar-refractivity contribution in [3.63, 3.8) is 0 Å². The zero-order chi connectivity index (χ0) is 13.8. The fraction of sp³-hybridized carbons (Fsp3) is 0.462. The molecule has 1 unspecified atom stereocenters. The molecule has 0 bridgehead atoms. The van der Waals surface area contributed by atoms with Crippen LogP contribution in [0.25, 0.3) is 0 Å². The normalized spacial score (nSPS) is 17.1. The van der Waals surface area contributed by atoms with E-state index in [1.807, 2.05) is 0 Å². The first-order valence-electron chi connectivity index (χ1n) is 6.15. The number of nitrogens with zero attached hydrogens (tertiary/aromatic N) is 1. The molecule has 2 rings (SSSR count). The third-order valence-electron chi connectivity index (χ3n) is 2.94. The van der Waals surface area contributed by atoms with Crippen LogP contribution in [0.5, 0.6) is 0 Å². The van der Waals surface area contributed by atoms with Gasteiger partial charge in [-0.3, -0.25) is 4.79 Å². The van der Waals surface area contributed by atoms with E-state index in [0.29, 0.717) is 37.0 Å². The highest BCUT2D eigenvalue weighted by molar-refractivity contribution is 6.30. The molecule has 0 radical (unpaired) electrons. The molecule has 4 nitrogen and oxygen atoms in total. The lowest BCUT2D eigenvalue weighted by Gasteiger charge is -2.29. The first kappa shape index (κ1) is 14.1. The number of benzene rings is 1. The van der Waals surface area contributed by atoms with Gasteiger partial charge < -0.3 is 15.0 Å². The summed E-state index contributed by atoms with van der Waals surface area (Å²) in [5, 5.41) is 3.26. The number of hydrogen-bond acceptors (Lipinski definition) is 3. The van der Waals surface area contributed by atoms with E-state index in [0.717, 1.165) is 0 Å². The molecule has 1 aliphatic heterocycles. The number of carbonyl (C=O) groups is 1. The smallest absolute Gasteiger partial charge is 0.244 e. The van der Waals surface area contributed by atoms with Crippen molar-refractivity contribution in [1.82, 2.24) is 4.90 Å². The maximum atomic E-state index is 13.2. The lowest BCUT2D eigenvalue weighted by molar-refractivity contribution is -0.135. The number of rotatable bonds is 3. The van der Waals surface area contributed by atoms with Crippen molar-refractivity contribution in [2.75, 3.05) is 31.6 Å². The first-order valence-corrected chi connectivity index (χ1v) is 6.53. The summed E-state index contributed by atoms with van der Waals surface area (Å²) in [6.45, 7) is 4.05. The number of anilines is 1. The summed E-state index contributed by atoms with van der Waals surface area (Å²) in [7, 11) is 0. The maximum absolute atomic E-state index is 13.2. The molecule has 104 valence electrons. The molecule has 1 fully saturated rings. The second-order valence-corrected chi connectivity index (χ2v) is 4.90. The van der Waals surface area contributed by atoms with E-state index in [1.54, 1.807) is 17.9 Å². The lowest BCUT2D eigenvalue weighted by Crippen LogP contribution is -2.47. The molecule has 0 aromatic heterocycles. The summed E-state index contributed by atoms with van der Waals surface area (Å²) < 4.78 is 18.4. The molecule has 1 aromatic rings. The summed E-state index contributed by atoms with van der Waals surface area (Å²) >= 11 is 5.77. The van der Waals surface area contributed by atoms with E-state index in [4.69, 9.17) is 16.3 Å². The third-order valence-corrected chi connectivity index (χ3v) is 3.16. The van der Waals surface area contributed by atoms with Gasteiger partial charge in [-0.25, -0.2) is 4.39 Å². The number of hydrogen-bond donors (Lipinski definition) is 1. The number of carbonyl (C=O) groups excluding carboxylic acids is 1. The van der Waals surface area contributed by atoms with Gasteiger partial charge in [-0.1, -0.05) is 11.6 Å². The fourth-order valence-electron chi connectivity index (χ4n) is 2.01. The average Bonchev–Trinajstić information content (AvgIpc) is 2.37. The van der Waals surface area contributed by atoms with E-state index < -0.39 is 11.9 Å². The molecule has 1 N–H and O–H groups in total. The molecule has 1 heterocycles. The molecule has 6 heteroatoms. The van der Waals surface area contributed by atoms with Gasteiger partial charge in [0, 0.05) is 23.8 Å². The van der Waals surface area contributed by atoms with Crippen molar-refractivity contribution in [1.29, 1.82) is 0 Å². The van der Waals surface area contributed by atoms with Gasteiger partial charge in [-0.2, -0.15) is 0 Å². The molecular weight excluding hydrogens is 271 g/mol. The number of ether oxygens (including phenoxy) is 1. The summed E-state index contributed by atoms with van der Waals surface area (Å²) in [5.74, 6) is -0.454. The molecular formula is C13H16ClFN2O2. The number of nitrogens with one attached hydrogen (secondary N) is 1. The zero-order valence-corrected chi connectivity index (χ0v) is 11.4. The number of morpholine rings is 1. The van der Waals surface area contributed by atoms with Crippen LogP contribution in [0.15, 0.2) is 18.2 Å². The van der Waals surface area contributed by atoms with E-state index in [9.17, 15) is 9.18 Å². The van der Waals surface area contributed by atoms with E-state index >= 15 is 0 Å². The first-order chi connectivity index (χ1) is 9.06. The van der Waals surface area contributed by atoms with Gasteiger partial charge in [-0.15, -0.1) is 0 Å². The number of halogens is 2. The molecule has 1 saturated heterocycles. The Kier molecular flexibility index (Phi) is 4.61. The Morgan fingerprint density at radius 3 is 2.74 bits per heavy atom. The molecule has 1 aromatic carbocycles. The molecule has 1 aliphatic rings. The lowest BCUT2D eigenvalue weighted by atomic mass is 10.2. The minimum atomic E-state index is -0.434. The summed E-state index contributed by atoms with van der Waals surface area (Å²) in [4.78, 5) is 13.9. The van der Waals surface area contributed by atoms with Crippen LogP contribution >= 0.6 is 11.6 Å². The van der Waals surface area contributed by atoms with Crippen molar-refractivity contribution in [3.05, 3.63) is 29.0 Å². The van der Waals surface area contributed by atoms with Crippen LogP contribution in [0.4, 0.5) is 10.1 Å². The van der Waals surface area contributed by atoms with Gasteiger partial charge in [0.1, 0.15) is 11.9 Å². The van der Waals surface area contributed by atoms with Crippen LogP contribution in [0.1, 0.15) is 6.92 Å². The van der Waals surface area contributed by atoms with Crippen LogP contribution in [-0.4, -0.2) is 43.2 Å². The monoisotopic (exact) mass is 286 g/mol. The van der Waals surface area contributed by atoms with E-state index in [2.05, 4.69) is 5.32 Å². The van der Waals surface area contributed by atoms with Crippen LogP contribution in [0.3, 0.4) is 0 Å². The fourth-order valence-corrected chi connectivity index (χ4v) is 2.23. The predicted molar refractivity (Wildman–Crippen MR) is 71.9 cm³/mol. The molecule has 1 amide bonds. The minimum absolute atomic E-state index is 0.0244. The second kappa shape index (κ2) is 6.21. The van der Waals surface area contributed by atoms with E-state index in [-0.39, 0.29) is 5.91 Å². The summed E-state index contributed by atoms with van der Waals surface area (Å²) in [6.07, 6.45) is 0. The second-order valence-electron chi connectivity index (χ2n) is 4.46. The quantitative estimate of drug-likeness (QED) is 0.926. The van der Waals surface area contributed by atoms with Crippen LogP contribution in [0.2, 0.25) is 5.02 Å². The van der Waals surface area contributed by atoms with Crippen molar-refractivity contribution < 1.29 is 13.9 Å². The summed E-state index contributed by atoms with van der Waals surface area (Å²) in [5.41, 5.74) is 0.499. The highest BCUT2D eigenvalue weighted by Gasteiger charge is 2.22. The van der Waals surface area contributed by atoms with Gasteiger partial charge in [-0.05, 0) is 25.1 Å². The molecule has 0 aliphatic carbocycles. The van der Waals surface area contributed by atoms with Crippen molar-refractivity contribution >= 4 is 23.2 Å². The third kappa shape index (κ3) is 3.81. The van der Waals surface area contributed by atoms with Crippen LogP contribution in [-0.2, 0) is 9.53 Å². The molecule has 0 spiro atoms. The van der Waals surface area contributed by atoms with Gasteiger partial charge in [0.05, 0.1) is 13.2 Å². The summed E-state index contributed by atoms with van der Waals surface area (Å²) in [6, 6.07) is 3.69. The van der Waals surface area contributed by atoms with Gasteiger partial charge in [0.25, 0.3) is 0 Å². The SMILES string of the molecule is CC(Nc1cc(F)cc(Cl)c1)C(=O)N1CCOCC1. The Bertz CT molecular complexity index is 444. The number of amides is 1. The molecule has 19 heavy (non-hydrogen) atoms.